The molecule has 1 aliphatic carbocycles. The Hall–Kier alpha value is -2.01. The summed E-state index contributed by atoms with van der Waals surface area (Å²) in [5, 5.41) is 7.04. The Morgan fingerprint density at radius 1 is 1.19 bits per heavy atom. The standard InChI is InChI=1S/C22H34N4O/c1-23-21(25-18-22(12-15-27-2)10-3-4-11-22)24-17-19-8-7-9-20(16-19)26-13-5-6-14-26/h5-9,16H,3-4,10-15,17-18H2,1-2H3,(H2,23,24,25). The van der Waals surface area contributed by atoms with E-state index in [0.29, 0.717) is 5.41 Å². The second kappa shape index (κ2) is 9.79. The lowest BCUT2D eigenvalue weighted by Gasteiger charge is -2.30. The number of ether oxygens (including phenoxy) is 1. The maximum Gasteiger partial charge on any atom is 0.191 e. The number of aliphatic imine (C=N–C) groups is 1. The van der Waals surface area contributed by atoms with E-state index in [2.05, 4.69) is 56.9 Å². The molecule has 0 saturated heterocycles. The van der Waals surface area contributed by atoms with Crippen LogP contribution in [0.5, 0.6) is 0 Å². The molecule has 0 aromatic heterocycles. The number of methoxy groups -OCH3 is 1. The topological polar surface area (TPSA) is 48.9 Å². The molecule has 1 fully saturated rings. The molecule has 0 spiro atoms. The summed E-state index contributed by atoms with van der Waals surface area (Å²) in [6.45, 7) is 4.59. The lowest BCUT2D eigenvalue weighted by atomic mass is 9.83. The highest BCUT2D eigenvalue weighted by molar-refractivity contribution is 5.79. The average molecular weight is 371 g/mol. The number of nitrogens with one attached hydrogen (secondary N) is 2. The first-order valence-corrected chi connectivity index (χ1v) is 10.2. The van der Waals surface area contributed by atoms with Gasteiger partial charge in [-0.2, -0.15) is 0 Å². The van der Waals surface area contributed by atoms with E-state index in [0.717, 1.165) is 45.2 Å². The van der Waals surface area contributed by atoms with Crippen molar-refractivity contribution in [1.82, 2.24) is 10.6 Å². The number of rotatable bonds is 8. The number of guanidine groups is 1. The molecule has 0 unspecified atom stereocenters. The third kappa shape index (κ3) is 5.48. The van der Waals surface area contributed by atoms with Gasteiger partial charge >= 0.3 is 0 Å². The van der Waals surface area contributed by atoms with Gasteiger partial charge < -0.3 is 20.3 Å². The van der Waals surface area contributed by atoms with Gasteiger partial charge in [0.2, 0.25) is 0 Å². The molecule has 0 bridgehead atoms. The Labute approximate surface area is 163 Å². The molecule has 0 amide bonds. The Morgan fingerprint density at radius 2 is 1.96 bits per heavy atom. The molecular weight excluding hydrogens is 336 g/mol. The van der Waals surface area contributed by atoms with E-state index in [1.165, 1.54) is 36.9 Å². The normalized spacial score (nSPS) is 18.9. The maximum absolute atomic E-state index is 5.34. The summed E-state index contributed by atoms with van der Waals surface area (Å²) in [7, 11) is 3.64. The van der Waals surface area contributed by atoms with Crippen molar-refractivity contribution in [3.63, 3.8) is 0 Å². The minimum Gasteiger partial charge on any atom is -0.385 e. The lowest BCUT2D eigenvalue weighted by molar-refractivity contribution is 0.138. The zero-order chi connectivity index (χ0) is 19.0. The fourth-order valence-corrected chi connectivity index (χ4v) is 4.19. The fraction of sp³-hybridized carbons (Fsp3) is 0.591. The second-order valence-corrected chi connectivity index (χ2v) is 7.78. The number of benzene rings is 1. The third-order valence-corrected chi connectivity index (χ3v) is 5.91. The van der Waals surface area contributed by atoms with Crippen LogP contribution in [-0.2, 0) is 11.3 Å². The molecular formula is C22H34N4O. The van der Waals surface area contributed by atoms with E-state index in [4.69, 9.17) is 4.74 Å². The minimum absolute atomic E-state index is 0.357. The van der Waals surface area contributed by atoms with Gasteiger partial charge in [0.15, 0.2) is 5.96 Å². The third-order valence-electron chi connectivity index (χ3n) is 5.91. The summed E-state index contributed by atoms with van der Waals surface area (Å²) < 4.78 is 5.34. The van der Waals surface area contributed by atoms with E-state index in [1.54, 1.807) is 7.11 Å². The van der Waals surface area contributed by atoms with E-state index in [9.17, 15) is 0 Å². The Bertz CT molecular complexity index is 641. The van der Waals surface area contributed by atoms with E-state index < -0.39 is 0 Å². The van der Waals surface area contributed by atoms with Crippen LogP contribution in [0.2, 0.25) is 0 Å². The van der Waals surface area contributed by atoms with Gasteiger partial charge in [0.05, 0.1) is 0 Å². The first-order valence-electron chi connectivity index (χ1n) is 10.2. The monoisotopic (exact) mass is 370 g/mol. The molecule has 2 aliphatic rings. The van der Waals surface area contributed by atoms with Gasteiger partial charge in [0.25, 0.3) is 0 Å². The molecule has 1 aromatic rings. The molecule has 148 valence electrons. The predicted octanol–water partition coefficient (Wildman–Crippen LogP) is 3.32. The van der Waals surface area contributed by atoms with Crippen molar-refractivity contribution in [2.24, 2.45) is 10.4 Å². The van der Waals surface area contributed by atoms with Crippen LogP contribution >= 0.6 is 0 Å². The van der Waals surface area contributed by atoms with Crippen molar-refractivity contribution >= 4 is 11.6 Å². The van der Waals surface area contributed by atoms with Crippen molar-refractivity contribution in [2.45, 2.75) is 38.6 Å². The molecule has 2 N–H and O–H groups in total. The number of hydrogen-bond acceptors (Lipinski definition) is 3. The van der Waals surface area contributed by atoms with Crippen molar-refractivity contribution < 1.29 is 4.74 Å². The Balaban J connectivity index is 1.51. The van der Waals surface area contributed by atoms with Crippen molar-refractivity contribution in [3.05, 3.63) is 42.0 Å². The van der Waals surface area contributed by atoms with Crippen LogP contribution in [-0.4, -0.2) is 46.4 Å². The van der Waals surface area contributed by atoms with Crippen LogP contribution in [0, 0.1) is 5.41 Å². The van der Waals surface area contributed by atoms with Gasteiger partial charge in [-0.25, -0.2) is 0 Å². The summed E-state index contributed by atoms with van der Waals surface area (Å²) >= 11 is 0. The van der Waals surface area contributed by atoms with Crippen LogP contribution in [0.15, 0.2) is 41.4 Å². The van der Waals surface area contributed by atoms with Gasteiger partial charge in [-0.1, -0.05) is 37.1 Å². The first kappa shape index (κ1) is 19.7. The van der Waals surface area contributed by atoms with Gasteiger partial charge in [-0.15, -0.1) is 0 Å². The quantitative estimate of drug-likeness (QED) is 0.419. The van der Waals surface area contributed by atoms with Gasteiger partial charge in [0, 0.05) is 52.6 Å². The molecule has 3 rings (SSSR count). The number of hydrogen-bond donors (Lipinski definition) is 2. The highest BCUT2D eigenvalue weighted by Gasteiger charge is 2.33. The Kier molecular flexibility index (Phi) is 7.16. The lowest BCUT2D eigenvalue weighted by Crippen LogP contribution is -2.43. The predicted molar refractivity (Wildman–Crippen MR) is 113 cm³/mol. The second-order valence-electron chi connectivity index (χ2n) is 7.78. The highest BCUT2D eigenvalue weighted by atomic mass is 16.5. The molecule has 0 atom stereocenters. The van der Waals surface area contributed by atoms with Crippen molar-refractivity contribution in [3.8, 4) is 0 Å². The van der Waals surface area contributed by atoms with Crippen LogP contribution in [0.3, 0.4) is 0 Å². The van der Waals surface area contributed by atoms with E-state index in [-0.39, 0.29) is 0 Å². The maximum atomic E-state index is 5.34. The SMILES string of the molecule is CN=C(NCc1cccc(N2CC=CC2)c1)NCC1(CCOC)CCCC1. The fourth-order valence-electron chi connectivity index (χ4n) is 4.19. The molecule has 0 radical (unpaired) electrons. The molecule has 1 saturated carbocycles. The molecule has 1 aliphatic heterocycles. The van der Waals surface area contributed by atoms with Gasteiger partial charge in [-0.05, 0) is 42.4 Å². The van der Waals surface area contributed by atoms with E-state index in [1.807, 2.05) is 7.05 Å². The van der Waals surface area contributed by atoms with Crippen LogP contribution in [0.25, 0.3) is 0 Å². The van der Waals surface area contributed by atoms with Gasteiger partial charge in [-0.3, -0.25) is 4.99 Å². The van der Waals surface area contributed by atoms with Gasteiger partial charge in [0.1, 0.15) is 0 Å². The zero-order valence-electron chi connectivity index (χ0n) is 16.8. The largest absolute Gasteiger partial charge is 0.385 e. The summed E-state index contributed by atoms with van der Waals surface area (Å²) in [5.41, 5.74) is 2.92. The summed E-state index contributed by atoms with van der Waals surface area (Å²) in [5.74, 6) is 0.881. The van der Waals surface area contributed by atoms with E-state index >= 15 is 0 Å². The molecule has 1 aromatic carbocycles. The number of nitrogens with zero attached hydrogens (tertiary/aromatic N) is 2. The van der Waals surface area contributed by atoms with Crippen LogP contribution < -0.4 is 15.5 Å². The summed E-state index contributed by atoms with van der Waals surface area (Å²) in [6, 6.07) is 8.76. The van der Waals surface area contributed by atoms with Crippen molar-refractivity contribution in [1.29, 1.82) is 0 Å². The van der Waals surface area contributed by atoms with Crippen LogP contribution in [0.1, 0.15) is 37.7 Å². The van der Waals surface area contributed by atoms with Crippen LogP contribution in [0.4, 0.5) is 5.69 Å². The zero-order valence-corrected chi connectivity index (χ0v) is 16.8. The summed E-state index contributed by atoms with van der Waals surface area (Å²) in [6.07, 6.45) is 10.8. The molecule has 27 heavy (non-hydrogen) atoms. The Morgan fingerprint density at radius 3 is 2.67 bits per heavy atom. The van der Waals surface area contributed by atoms with Crippen molar-refractivity contribution in [2.75, 3.05) is 45.3 Å². The first-order chi connectivity index (χ1) is 13.2. The number of anilines is 1. The average Bonchev–Trinajstić information content (AvgIpc) is 3.40. The highest BCUT2D eigenvalue weighted by Crippen LogP contribution is 2.40. The molecule has 5 nitrogen and oxygen atoms in total. The molecule has 1 heterocycles. The smallest absolute Gasteiger partial charge is 0.191 e. The molecule has 5 heteroatoms. The minimum atomic E-state index is 0.357. The summed E-state index contributed by atoms with van der Waals surface area (Å²) in [4.78, 5) is 6.79.